The van der Waals surface area contributed by atoms with E-state index < -0.39 is 16.8 Å². The van der Waals surface area contributed by atoms with Crippen molar-refractivity contribution in [2.24, 2.45) is 16.6 Å². The minimum Gasteiger partial charge on any atom is -0.481 e. The molecule has 0 atom stereocenters. The lowest BCUT2D eigenvalue weighted by Crippen LogP contribution is -2.51. The molecule has 4 N–H and O–H groups in total. The third-order valence-electron chi connectivity index (χ3n) is 3.48. The van der Waals surface area contributed by atoms with Crippen LogP contribution in [-0.4, -0.2) is 30.1 Å². The summed E-state index contributed by atoms with van der Waals surface area (Å²) in [5, 5.41) is 11.8. The molecule has 0 aromatic carbocycles. The van der Waals surface area contributed by atoms with E-state index in [2.05, 4.69) is 5.32 Å². The average Bonchev–Trinajstić information content (AvgIpc) is 2.15. The molecule has 0 aromatic rings. The van der Waals surface area contributed by atoms with Gasteiger partial charge in [-0.15, -0.1) is 0 Å². The number of carboxylic acid groups (broad SMARTS) is 1. The summed E-state index contributed by atoms with van der Waals surface area (Å²) in [7, 11) is 0. The Labute approximate surface area is 95.4 Å². The van der Waals surface area contributed by atoms with Crippen LogP contribution in [-0.2, 0) is 9.59 Å². The van der Waals surface area contributed by atoms with E-state index in [1.165, 1.54) is 0 Å². The van der Waals surface area contributed by atoms with Crippen molar-refractivity contribution < 1.29 is 14.7 Å². The Kier molecular flexibility index (Phi) is 3.57. The SMILES string of the molecule is CC(C)(CN)C(=O)NCC1(C(=O)O)CCC1. The summed E-state index contributed by atoms with van der Waals surface area (Å²) in [6, 6.07) is 0. The van der Waals surface area contributed by atoms with Crippen molar-refractivity contribution in [2.75, 3.05) is 13.1 Å². The Balaban J connectivity index is 2.51. The molecule has 1 saturated carbocycles. The average molecular weight is 228 g/mol. The van der Waals surface area contributed by atoms with E-state index in [0.29, 0.717) is 12.8 Å². The van der Waals surface area contributed by atoms with Crippen molar-refractivity contribution >= 4 is 11.9 Å². The monoisotopic (exact) mass is 228 g/mol. The zero-order valence-electron chi connectivity index (χ0n) is 9.88. The van der Waals surface area contributed by atoms with Gasteiger partial charge in [0.25, 0.3) is 0 Å². The first-order chi connectivity index (χ1) is 7.34. The van der Waals surface area contributed by atoms with Gasteiger partial charge in [-0.25, -0.2) is 0 Å². The highest BCUT2D eigenvalue weighted by Gasteiger charge is 2.45. The molecule has 0 unspecified atom stereocenters. The summed E-state index contributed by atoms with van der Waals surface area (Å²) in [6.45, 7) is 3.95. The van der Waals surface area contributed by atoms with Crippen LogP contribution in [0.25, 0.3) is 0 Å². The van der Waals surface area contributed by atoms with Crippen LogP contribution < -0.4 is 11.1 Å². The summed E-state index contributed by atoms with van der Waals surface area (Å²) in [5.41, 5.74) is 4.10. The molecule has 92 valence electrons. The van der Waals surface area contributed by atoms with E-state index in [1.54, 1.807) is 13.8 Å². The largest absolute Gasteiger partial charge is 0.481 e. The van der Waals surface area contributed by atoms with Crippen LogP contribution in [0.15, 0.2) is 0 Å². The highest BCUT2D eigenvalue weighted by molar-refractivity contribution is 5.83. The lowest BCUT2D eigenvalue weighted by Gasteiger charge is -2.38. The van der Waals surface area contributed by atoms with E-state index in [9.17, 15) is 9.59 Å². The number of hydrogen-bond acceptors (Lipinski definition) is 3. The predicted molar refractivity (Wildman–Crippen MR) is 59.8 cm³/mol. The Morgan fingerprint density at radius 2 is 2.00 bits per heavy atom. The van der Waals surface area contributed by atoms with E-state index in [4.69, 9.17) is 10.8 Å². The van der Waals surface area contributed by atoms with Crippen molar-refractivity contribution in [1.82, 2.24) is 5.32 Å². The van der Waals surface area contributed by atoms with Crippen LogP contribution >= 0.6 is 0 Å². The van der Waals surface area contributed by atoms with Crippen LogP contribution in [0.3, 0.4) is 0 Å². The first kappa shape index (κ1) is 13.0. The van der Waals surface area contributed by atoms with Gasteiger partial charge in [0, 0.05) is 13.1 Å². The number of amides is 1. The van der Waals surface area contributed by atoms with Crippen molar-refractivity contribution in [2.45, 2.75) is 33.1 Å². The normalized spacial score (nSPS) is 18.7. The van der Waals surface area contributed by atoms with Crippen molar-refractivity contribution in [3.05, 3.63) is 0 Å². The number of hydrogen-bond donors (Lipinski definition) is 3. The number of aliphatic carboxylic acids is 1. The maximum absolute atomic E-state index is 11.7. The smallest absolute Gasteiger partial charge is 0.311 e. The van der Waals surface area contributed by atoms with Gasteiger partial charge in [-0.2, -0.15) is 0 Å². The molecule has 1 amide bonds. The summed E-state index contributed by atoms with van der Waals surface area (Å²) in [6.07, 6.45) is 2.21. The summed E-state index contributed by atoms with van der Waals surface area (Å²) in [5.74, 6) is -0.993. The first-order valence-electron chi connectivity index (χ1n) is 5.56. The molecule has 1 aliphatic rings. The molecular weight excluding hydrogens is 208 g/mol. The van der Waals surface area contributed by atoms with Gasteiger partial charge in [0.15, 0.2) is 0 Å². The third-order valence-corrected chi connectivity index (χ3v) is 3.48. The summed E-state index contributed by atoms with van der Waals surface area (Å²) in [4.78, 5) is 22.8. The molecule has 5 heteroatoms. The quantitative estimate of drug-likeness (QED) is 0.632. The second-order valence-electron chi connectivity index (χ2n) is 5.21. The molecule has 1 aliphatic carbocycles. The lowest BCUT2D eigenvalue weighted by atomic mass is 9.68. The number of nitrogens with two attached hydrogens (primary N) is 1. The number of carboxylic acids is 1. The number of nitrogens with one attached hydrogen (secondary N) is 1. The molecule has 5 nitrogen and oxygen atoms in total. The topological polar surface area (TPSA) is 92.4 Å². The molecule has 0 saturated heterocycles. The first-order valence-corrected chi connectivity index (χ1v) is 5.56. The Morgan fingerprint density at radius 1 is 1.44 bits per heavy atom. The molecule has 0 aromatic heterocycles. The van der Waals surface area contributed by atoms with Crippen LogP contribution in [0.5, 0.6) is 0 Å². The van der Waals surface area contributed by atoms with Gasteiger partial charge >= 0.3 is 5.97 Å². The standard InChI is InChI=1S/C11H20N2O3/c1-10(2,6-12)8(14)13-7-11(9(15)16)4-3-5-11/h3-7,12H2,1-2H3,(H,13,14)(H,15,16). The summed E-state index contributed by atoms with van der Waals surface area (Å²) < 4.78 is 0. The van der Waals surface area contributed by atoms with E-state index in [1.807, 2.05) is 0 Å². The fourth-order valence-electron chi connectivity index (χ4n) is 1.65. The fourth-order valence-corrected chi connectivity index (χ4v) is 1.65. The number of rotatable bonds is 5. The zero-order valence-corrected chi connectivity index (χ0v) is 9.88. The second kappa shape index (κ2) is 4.41. The van der Waals surface area contributed by atoms with Gasteiger partial charge in [-0.1, -0.05) is 6.42 Å². The Bertz CT molecular complexity index is 296. The van der Waals surface area contributed by atoms with Crippen molar-refractivity contribution in [1.29, 1.82) is 0 Å². The maximum atomic E-state index is 11.7. The van der Waals surface area contributed by atoms with Crippen molar-refractivity contribution in [3.8, 4) is 0 Å². The molecule has 0 bridgehead atoms. The van der Waals surface area contributed by atoms with Gasteiger partial charge in [-0.3, -0.25) is 9.59 Å². The Hall–Kier alpha value is -1.10. The van der Waals surface area contributed by atoms with Gasteiger partial charge < -0.3 is 16.2 Å². The zero-order chi connectivity index (χ0) is 12.4. The molecule has 1 rings (SSSR count). The number of carbonyl (C=O) groups is 2. The number of carbonyl (C=O) groups excluding carboxylic acids is 1. The molecule has 1 fully saturated rings. The molecular formula is C11H20N2O3. The minimum absolute atomic E-state index is 0.178. The highest BCUT2D eigenvalue weighted by Crippen LogP contribution is 2.40. The van der Waals surface area contributed by atoms with Crippen LogP contribution in [0.2, 0.25) is 0 Å². The molecule has 0 heterocycles. The van der Waals surface area contributed by atoms with Gasteiger partial charge in [0.05, 0.1) is 10.8 Å². The predicted octanol–water partition coefficient (Wildman–Crippen LogP) is 0.342. The van der Waals surface area contributed by atoms with Gasteiger partial charge in [0.1, 0.15) is 0 Å². The van der Waals surface area contributed by atoms with Gasteiger partial charge in [0.2, 0.25) is 5.91 Å². The van der Waals surface area contributed by atoms with E-state index in [0.717, 1.165) is 6.42 Å². The van der Waals surface area contributed by atoms with Crippen molar-refractivity contribution in [3.63, 3.8) is 0 Å². The Morgan fingerprint density at radius 3 is 2.31 bits per heavy atom. The molecule has 0 radical (unpaired) electrons. The minimum atomic E-state index is -0.815. The molecule has 0 aliphatic heterocycles. The van der Waals surface area contributed by atoms with E-state index in [-0.39, 0.29) is 19.0 Å². The second-order valence-corrected chi connectivity index (χ2v) is 5.21. The lowest BCUT2D eigenvalue weighted by molar-refractivity contribution is -0.154. The fraction of sp³-hybridized carbons (Fsp3) is 0.818. The van der Waals surface area contributed by atoms with Crippen LogP contribution in [0, 0.1) is 10.8 Å². The van der Waals surface area contributed by atoms with E-state index >= 15 is 0 Å². The maximum Gasteiger partial charge on any atom is 0.311 e. The third kappa shape index (κ3) is 2.35. The van der Waals surface area contributed by atoms with Crippen LogP contribution in [0.4, 0.5) is 0 Å². The highest BCUT2D eigenvalue weighted by atomic mass is 16.4. The molecule has 0 spiro atoms. The molecule has 16 heavy (non-hydrogen) atoms. The van der Waals surface area contributed by atoms with Gasteiger partial charge in [-0.05, 0) is 26.7 Å². The van der Waals surface area contributed by atoms with Crippen LogP contribution in [0.1, 0.15) is 33.1 Å². The summed E-state index contributed by atoms with van der Waals surface area (Å²) >= 11 is 0.